The summed E-state index contributed by atoms with van der Waals surface area (Å²) in [6.45, 7) is 0.0657. The number of carboxylic acid groups (broad SMARTS) is 1. The van der Waals surface area contributed by atoms with Crippen LogP contribution in [0, 0.1) is 5.82 Å². The van der Waals surface area contributed by atoms with Crippen molar-refractivity contribution in [2.75, 3.05) is 0 Å². The van der Waals surface area contributed by atoms with Crippen LogP contribution >= 0.6 is 11.6 Å². The minimum atomic E-state index is -1.23. The number of aromatic nitrogens is 3. The maximum absolute atomic E-state index is 14.3. The summed E-state index contributed by atoms with van der Waals surface area (Å²) < 4.78 is 15.7. The van der Waals surface area contributed by atoms with Gasteiger partial charge < -0.3 is 5.11 Å². The van der Waals surface area contributed by atoms with Gasteiger partial charge in [0.05, 0.1) is 17.9 Å². The first-order valence-electron chi connectivity index (χ1n) is 7.33. The lowest BCUT2D eigenvalue weighted by molar-refractivity contribution is 0.0683. The third-order valence-corrected chi connectivity index (χ3v) is 4.05. The van der Waals surface area contributed by atoms with Crippen LogP contribution < -0.4 is 0 Å². The minimum Gasteiger partial charge on any atom is -0.475 e. The van der Waals surface area contributed by atoms with E-state index in [4.69, 9.17) is 16.7 Å². The van der Waals surface area contributed by atoms with Crippen LogP contribution in [0.5, 0.6) is 0 Å². The average Bonchev–Trinajstić information content (AvgIpc) is 2.95. The average molecular weight is 357 g/mol. The first-order chi connectivity index (χ1) is 12.0. The molecule has 1 aliphatic heterocycles. The van der Waals surface area contributed by atoms with E-state index in [1.165, 1.54) is 10.7 Å². The quantitative estimate of drug-likeness (QED) is 0.765. The summed E-state index contributed by atoms with van der Waals surface area (Å²) in [4.78, 5) is 19.6. The maximum Gasteiger partial charge on any atom is 0.375 e. The Morgan fingerprint density at radius 2 is 2.00 bits per heavy atom. The first kappa shape index (κ1) is 15.5. The first-order valence-corrected chi connectivity index (χ1v) is 7.71. The third-order valence-electron chi connectivity index (χ3n) is 3.81. The molecule has 0 radical (unpaired) electrons. The summed E-state index contributed by atoms with van der Waals surface area (Å²) >= 11 is 6.12. The standard InChI is InChI=1S/C17H10ClFN4O2/c18-9-5-6-13-11(7-9)15(10-3-1-2-4-12(10)19)20-8-14-21-16(17(24)25)22-23(13)14/h1-7H,8H2,(H,24,25). The van der Waals surface area contributed by atoms with Crippen LogP contribution in [0.1, 0.15) is 27.6 Å². The fourth-order valence-electron chi connectivity index (χ4n) is 2.73. The fraction of sp³-hybridized carbons (Fsp3) is 0.0588. The molecule has 124 valence electrons. The van der Waals surface area contributed by atoms with Crippen LogP contribution in [-0.4, -0.2) is 31.6 Å². The van der Waals surface area contributed by atoms with Crippen molar-refractivity contribution in [3.63, 3.8) is 0 Å². The Bertz CT molecular complexity index is 1040. The molecule has 4 rings (SSSR count). The number of benzene rings is 2. The highest BCUT2D eigenvalue weighted by atomic mass is 35.5. The summed E-state index contributed by atoms with van der Waals surface area (Å²) in [5, 5.41) is 13.6. The smallest absolute Gasteiger partial charge is 0.375 e. The Balaban J connectivity index is 1.98. The van der Waals surface area contributed by atoms with Gasteiger partial charge in [0.2, 0.25) is 0 Å². The van der Waals surface area contributed by atoms with E-state index in [2.05, 4.69) is 15.1 Å². The molecule has 3 aromatic rings. The van der Waals surface area contributed by atoms with Gasteiger partial charge in [-0.3, -0.25) is 4.99 Å². The third kappa shape index (κ3) is 2.58. The Morgan fingerprint density at radius 3 is 2.76 bits per heavy atom. The molecule has 0 saturated carbocycles. The number of carbonyl (C=O) groups is 1. The van der Waals surface area contributed by atoms with Gasteiger partial charge in [-0.25, -0.2) is 18.9 Å². The van der Waals surface area contributed by atoms with Crippen molar-refractivity contribution in [2.24, 2.45) is 4.99 Å². The van der Waals surface area contributed by atoms with E-state index >= 15 is 0 Å². The van der Waals surface area contributed by atoms with E-state index in [1.807, 2.05) is 0 Å². The number of hydrogen-bond donors (Lipinski definition) is 1. The summed E-state index contributed by atoms with van der Waals surface area (Å²) in [5.41, 5.74) is 1.84. The molecule has 0 bridgehead atoms. The van der Waals surface area contributed by atoms with Crippen molar-refractivity contribution in [3.05, 3.63) is 76.1 Å². The second kappa shape index (κ2) is 5.78. The van der Waals surface area contributed by atoms with Gasteiger partial charge in [-0.2, -0.15) is 0 Å². The second-order valence-corrected chi connectivity index (χ2v) is 5.81. The van der Waals surface area contributed by atoms with Crippen molar-refractivity contribution in [1.29, 1.82) is 0 Å². The lowest BCUT2D eigenvalue weighted by Crippen LogP contribution is -2.10. The maximum atomic E-state index is 14.3. The van der Waals surface area contributed by atoms with E-state index in [0.29, 0.717) is 33.4 Å². The number of rotatable bonds is 2. The van der Waals surface area contributed by atoms with Crippen LogP contribution in [0.15, 0.2) is 47.5 Å². The van der Waals surface area contributed by atoms with Gasteiger partial charge in [0.1, 0.15) is 5.82 Å². The van der Waals surface area contributed by atoms with Crippen LogP contribution in [0.3, 0.4) is 0 Å². The predicted molar refractivity (Wildman–Crippen MR) is 89.1 cm³/mol. The molecule has 0 amide bonds. The normalized spacial score (nSPS) is 12.8. The van der Waals surface area contributed by atoms with Crippen molar-refractivity contribution in [3.8, 4) is 5.69 Å². The highest BCUT2D eigenvalue weighted by Gasteiger charge is 2.24. The predicted octanol–water partition coefficient (Wildman–Crippen LogP) is 3.11. The monoisotopic (exact) mass is 356 g/mol. The molecule has 0 saturated heterocycles. The molecule has 1 aromatic heterocycles. The van der Waals surface area contributed by atoms with Crippen molar-refractivity contribution >= 4 is 23.3 Å². The SMILES string of the molecule is O=C(O)c1nc2n(n1)-c1ccc(Cl)cc1C(c1ccccc1F)=NC2. The van der Waals surface area contributed by atoms with E-state index in [1.54, 1.807) is 36.4 Å². The molecule has 2 aromatic carbocycles. The van der Waals surface area contributed by atoms with Gasteiger partial charge in [0.25, 0.3) is 5.82 Å². The van der Waals surface area contributed by atoms with Crippen LogP contribution in [0.2, 0.25) is 5.02 Å². The van der Waals surface area contributed by atoms with E-state index in [0.717, 1.165) is 0 Å². The molecule has 8 heteroatoms. The zero-order chi connectivity index (χ0) is 17.6. The molecule has 0 aliphatic carbocycles. The van der Waals surface area contributed by atoms with Gasteiger partial charge in [-0.15, -0.1) is 5.10 Å². The Morgan fingerprint density at radius 1 is 1.20 bits per heavy atom. The largest absolute Gasteiger partial charge is 0.475 e. The number of fused-ring (bicyclic) bond motifs is 3. The zero-order valence-electron chi connectivity index (χ0n) is 12.6. The minimum absolute atomic E-state index is 0.0657. The number of carboxylic acids is 1. The Hall–Kier alpha value is -3.06. The lowest BCUT2D eigenvalue weighted by Gasteiger charge is -2.11. The number of aliphatic imine (C=N–C) groups is 1. The second-order valence-electron chi connectivity index (χ2n) is 5.37. The molecule has 25 heavy (non-hydrogen) atoms. The molecule has 6 nitrogen and oxygen atoms in total. The number of halogens is 2. The summed E-state index contributed by atoms with van der Waals surface area (Å²) in [6, 6.07) is 11.3. The summed E-state index contributed by atoms with van der Waals surface area (Å²) in [7, 11) is 0. The molecule has 0 spiro atoms. The van der Waals surface area contributed by atoms with Gasteiger partial charge >= 0.3 is 5.97 Å². The molecule has 0 atom stereocenters. The Labute approximate surface area is 146 Å². The summed E-state index contributed by atoms with van der Waals surface area (Å²) in [5.74, 6) is -1.60. The van der Waals surface area contributed by atoms with Crippen LogP contribution in [-0.2, 0) is 6.54 Å². The number of nitrogens with zero attached hydrogens (tertiary/aromatic N) is 4. The van der Waals surface area contributed by atoms with E-state index < -0.39 is 11.8 Å². The van der Waals surface area contributed by atoms with Crippen molar-refractivity contribution < 1.29 is 14.3 Å². The molecule has 0 fully saturated rings. The molecule has 1 aliphatic rings. The van der Waals surface area contributed by atoms with Crippen molar-refractivity contribution in [1.82, 2.24) is 14.8 Å². The number of aromatic carboxylic acids is 1. The van der Waals surface area contributed by atoms with Crippen LogP contribution in [0.4, 0.5) is 4.39 Å². The van der Waals surface area contributed by atoms with Gasteiger partial charge in [0, 0.05) is 16.1 Å². The highest BCUT2D eigenvalue weighted by molar-refractivity contribution is 6.31. The van der Waals surface area contributed by atoms with Gasteiger partial charge in [0.15, 0.2) is 5.82 Å². The molecule has 2 heterocycles. The molecule has 0 unspecified atom stereocenters. The van der Waals surface area contributed by atoms with Crippen molar-refractivity contribution in [2.45, 2.75) is 6.54 Å². The number of hydrogen-bond acceptors (Lipinski definition) is 4. The van der Waals surface area contributed by atoms with Crippen LogP contribution in [0.25, 0.3) is 5.69 Å². The lowest BCUT2D eigenvalue weighted by atomic mass is 10.00. The highest BCUT2D eigenvalue weighted by Crippen LogP contribution is 2.27. The van der Waals surface area contributed by atoms with Gasteiger partial charge in [-0.05, 0) is 30.3 Å². The van der Waals surface area contributed by atoms with E-state index in [-0.39, 0.29) is 12.4 Å². The topological polar surface area (TPSA) is 80.4 Å². The molecule has 1 N–H and O–H groups in total. The van der Waals surface area contributed by atoms with Gasteiger partial charge in [-0.1, -0.05) is 23.7 Å². The Kier molecular flexibility index (Phi) is 3.58. The fourth-order valence-corrected chi connectivity index (χ4v) is 2.90. The van der Waals surface area contributed by atoms with E-state index in [9.17, 15) is 9.18 Å². The molecular weight excluding hydrogens is 347 g/mol. The zero-order valence-corrected chi connectivity index (χ0v) is 13.4. The molecular formula is C17H10ClFN4O2. The summed E-state index contributed by atoms with van der Waals surface area (Å²) in [6.07, 6.45) is 0.